The van der Waals surface area contributed by atoms with Crippen molar-refractivity contribution < 1.29 is 31.0 Å². The van der Waals surface area contributed by atoms with Crippen LogP contribution in [-0.2, 0) is 20.2 Å². The van der Waals surface area contributed by atoms with E-state index in [2.05, 4.69) is 0 Å². The summed E-state index contributed by atoms with van der Waals surface area (Å²) in [5.74, 6) is 0. The van der Waals surface area contributed by atoms with Gasteiger partial charge in [-0.2, -0.15) is 16.8 Å². The summed E-state index contributed by atoms with van der Waals surface area (Å²) in [4.78, 5) is -1.16. The van der Waals surface area contributed by atoms with Gasteiger partial charge in [-0.1, -0.05) is 0 Å². The first-order chi connectivity index (χ1) is 9.01. The second kappa shape index (κ2) is 4.53. The Hall–Kier alpha value is -1.46. The molecule has 20 heavy (non-hydrogen) atoms. The molecule has 1 unspecified atom stereocenters. The first-order valence-corrected chi connectivity index (χ1v) is 8.16. The van der Waals surface area contributed by atoms with Gasteiger partial charge in [-0.25, -0.2) is 0 Å². The minimum atomic E-state index is -4.64. The molecule has 1 aliphatic carbocycles. The topological polar surface area (TPSA) is 155 Å². The number of aliphatic hydroxyl groups excluding tert-OH is 1. The fraction of sp³-hybridized carbons (Fsp3) is 0.200. The molecular formula is C10H11NO7S2. The largest absolute Gasteiger partial charge is 0.398 e. The lowest BCUT2D eigenvalue weighted by molar-refractivity contribution is 0.178. The lowest BCUT2D eigenvalue weighted by atomic mass is 9.93. The average molecular weight is 321 g/mol. The molecular weight excluding hydrogens is 310 g/mol. The number of anilines is 1. The van der Waals surface area contributed by atoms with Crippen LogP contribution in [0.25, 0.3) is 6.08 Å². The summed E-state index contributed by atoms with van der Waals surface area (Å²) in [6, 6.07) is 2.16. The first-order valence-electron chi connectivity index (χ1n) is 5.28. The van der Waals surface area contributed by atoms with E-state index in [0.717, 1.165) is 12.1 Å². The smallest absolute Gasteiger partial charge is 0.295 e. The molecule has 1 aromatic rings. The molecule has 1 aromatic carbocycles. The monoisotopic (exact) mass is 321 g/mol. The number of nitrogen functional groups attached to an aromatic ring is 1. The highest BCUT2D eigenvalue weighted by molar-refractivity contribution is 7.90. The van der Waals surface area contributed by atoms with E-state index in [-0.39, 0.29) is 16.8 Å². The molecule has 0 fully saturated rings. The Kier molecular flexibility index (Phi) is 3.38. The zero-order chi connectivity index (χ0) is 15.3. The van der Waals surface area contributed by atoms with Gasteiger partial charge in [0.05, 0.1) is 11.0 Å². The summed E-state index contributed by atoms with van der Waals surface area (Å²) in [6.45, 7) is 0. The Bertz CT molecular complexity index is 808. The summed E-state index contributed by atoms with van der Waals surface area (Å²) in [5, 5.41) is 9.89. The average Bonchev–Trinajstić information content (AvgIpc) is 2.25. The summed E-state index contributed by atoms with van der Waals surface area (Å²) < 4.78 is 62.9. The maximum atomic E-state index is 11.3. The number of hydrogen-bond donors (Lipinski definition) is 4. The maximum absolute atomic E-state index is 11.3. The second-order valence-corrected chi connectivity index (χ2v) is 7.13. The van der Waals surface area contributed by atoms with Gasteiger partial charge in [0.2, 0.25) is 0 Å². The third kappa shape index (κ3) is 2.55. The minimum absolute atomic E-state index is 0.00692. The molecule has 0 aliphatic heterocycles. The molecule has 1 atom stereocenters. The van der Waals surface area contributed by atoms with Crippen LogP contribution in [0.1, 0.15) is 23.7 Å². The molecule has 0 saturated heterocycles. The lowest BCUT2D eigenvalue weighted by Gasteiger charge is -2.23. The molecule has 1 aliphatic rings. The predicted octanol–water partition coefficient (Wildman–Crippen LogP) is 0.181. The van der Waals surface area contributed by atoms with Gasteiger partial charge in [0.15, 0.2) is 0 Å². The lowest BCUT2D eigenvalue weighted by Crippen LogP contribution is -2.17. The summed E-state index contributed by atoms with van der Waals surface area (Å²) in [7, 11) is -9.23. The van der Waals surface area contributed by atoms with Gasteiger partial charge >= 0.3 is 0 Å². The highest BCUT2D eigenvalue weighted by atomic mass is 32.2. The van der Waals surface area contributed by atoms with E-state index in [1.807, 2.05) is 0 Å². The molecule has 110 valence electrons. The summed E-state index contributed by atoms with van der Waals surface area (Å²) in [6.07, 6.45) is -0.976. The normalized spacial score (nSPS) is 19.4. The number of hydrogen-bond acceptors (Lipinski definition) is 6. The van der Waals surface area contributed by atoms with Crippen molar-refractivity contribution in [3.05, 3.63) is 28.2 Å². The third-order valence-corrected chi connectivity index (χ3v) is 4.78. The minimum Gasteiger partial charge on any atom is -0.398 e. The van der Waals surface area contributed by atoms with Crippen molar-refractivity contribution in [3.63, 3.8) is 0 Å². The van der Waals surface area contributed by atoms with Gasteiger partial charge in [0, 0.05) is 23.2 Å². The van der Waals surface area contributed by atoms with Crippen LogP contribution in [-0.4, -0.2) is 31.0 Å². The zero-order valence-electron chi connectivity index (χ0n) is 9.88. The van der Waals surface area contributed by atoms with E-state index >= 15 is 0 Å². The van der Waals surface area contributed by atoms with Gasteiger partial charge in [0.25, 0.3) is 20.2 Å². The Balaban J connectivity index is 2.87. The number of fused-ring (bicyclic) bond motifs is 1. The van der Waals surface area contributed by atoms with Crippen molar-refractivity contribution in [2.24, 2.45) is 0 Å². The van der Waals surface area contributed by atoms with Crippen molar-refractivity contribution in [1.29, 1.82) is 0 Å². The first kappa shape index (κ1) is 14.9. The maximum Gasteiger partial charge on any atom is 0.295 e. The van der Waals surface area contributed by atoms with Gasteiger partial charge in [-0.3, -0.25) is 9.11 Å². The molecule has 10 heteroatoms. The summed E-state index contributed by atoms with van der Waals surface area (Å²) >= 11 is 0. The van der Waals surface area contributed by atoms with Crippen molar-refractivity contribution in [1.82, 2.24) is 0 Å². The summed E-state index contributed by atoms with van der Waals surface area (Å²) in [5.41, 5.74) is 5.41. The van der Waals surface area contributed by atoms with Crippen molar-refractivity contribution in [3.8, 4) is 0 Å². The quantitative estimate of drug-likeness (QED) is 0.444. The van der Waals surface area contributed by atoms with Crippen molar-refractivity contribution in [2.45, 2.75) is 17.4 Å². The molecule has 0 saturated carbocycles. The third-order valence-electron chi connectivity index (χ3n) is 2.92. The van der Waals surface area contributed by atoms with Crippen LogP contribution in [0.15, 0.2) is 21.9 Å². The molecule has 0 heterocycles. The van der Waals surface area contributed by atoms with Crippen LogP contribution in [0, 0.1) is 0 Å². The number of aliphatic hydroxyl groups is 1. The second-order valence-electron chi connectivity index (χ2n) is 4.26. The number of nitrogens with two attached hydrogens (primary N) is 1. The molecule has 0 radical (unpaired) electrons. The van der Waals surface area contributed by atoms with Gasteiger partial charge < -0.3 is 10.8 Å². The SMILES string of the molecule is Nc1ccc(S(=O)(=O)O)c2c1C(O)CC(S(=O)(=O)O)=C2. The highest BCUT2D eigenvalue weighted by Gasteiger charge is 2.31. The van der Waals surface area contributed by atoms with Crippen LogP contribution in [0.4, 0.5) is 5.69 Å². The van der Waals surface area contributed by atoms with Crippen molar-refractivity contribution >= 4 is 32.0 Å². The number of benzene rings is 1. The van der Waals surface area contributed by atoms with E-state index in [1.54, 1.807) is 0 Å². The van der Waals surface area contributed by atoms with Crippen molar-refractivity contribution in [2.75, 3.05) is 5.73 Å². The van der Waals surface area contributed by atoms with Gasteiger partial charge in [-0.15, -0.1) is 0 Å². The zero-order valence-corrected chi connectivity index (χ0v) is 11.5. The fourth-order valence-corrected chi connectivity index (χ4v) is 3.39. The van der Waals surface area contributed by atoms with Crippen LogP contribution in [0.3, 0.4) is 0 Å². The molecule has 0 amide bonds. The van der Waals surface area contributed by atoms with E-state index in [9.17, 15) is 21.9 Å². The predicted molar refractivity (Wildman–Crippen MR) is 69.8 cm³/mol. The molecule has 0 spiro atoms. The molecule has 2 rings (SSSR count). The number of rotatable bonds is 2. The van der Waals surface area contributed by atoms with Crippen LogP contribution in [0.5, 0.6) is 0 Å². The van der Waals surface area contributed by atoms with E-state index < -0.39 is 42.6 Å². The molecule has 5 N–H and O–H groups in total. The fourth-order valence-electron chi connectivity index (χ4n) is 2.07. The Morgan fingerprint density at radius 2 is 1.70 bits per heavy atom. The van der Waals surface area contributed by atoms with Gasteiger partial charge in [0.1, 0.15) is 4.90 Å². The molecule has 8 nitrogen and oxygen atoms in total. The van der Waals surface area contributed by atoms with Crippen LogP contribution >= 0.6 is 0 Å². The Morgan fingerprint density at radius 1 is 1.10 bits per heavy atom. The molecule has 0 aromatic heterocycles. The van der Waals surface area contributed by atoms with Crippen LogP contribution in [0.2, 0.25) is 0 Å². The Labute approximate surface area is 115 Å². The van der Waals surface area contributed by atoms with Crippen LogP contribution < -0.4 is 5.73 Å². The standard InChI is InChI=1S/C10H11NO7S2/c11-7-1-2-9(20(16,17)18)6-3-5(19(13,14)15)4-8(12)10(6)7/h1-3,8,12H,4,11H2,(H,13,14,15)(H,16,17,18). The molecule has 0 bridgehead atoms. The highest BCUT2D eigenvalue weighted by Crippen LogP contribution is 2.39. The van der Waals surface area contributed by atoms with Gasteiger partial charge in [-0.05, 0) is 18.2 Å². The Morgan fingerprint density at radius 3 is 2.20 bits per heavy atom. The van der Waals surface area contributed by atoms with E-state index in [0.29, 0.717) is 0 Å². The van der Waals surface area contributed by atoms with E-state index in [4.69, 9.17) is 14.8 Å². The van der Waals surface area contributed by atoms with E-state index in [1.165, 1.54) is 6.07 Å².